The van der Waals surface area contributed by atoms with E-state index in [2.05, 4.69) is 0 Å². The van der Waals surface area contributed by atoms with Gasteiger partial charge in [-0.2, -0.15) is 13.2 Å². The zero-order valence-corrected chi connectivity index (χ0v) is 11.2. The summed E-state index contributed by atoms with van der Waals surface area (Å²) in [6.45, 7) is 0.373. The Kier molecular flexibility index (Phi) is 4.68. The first-order chi connectivity index (χ1) is 10.3. The molecule has 0 bridgehead atoms. The molecule has 0 aliphatic carbocycles. The quantitative estimate of drug-likeness (QED) is 0.867. The van der Waals surface area contributed by atoms with Gasteiger partial charge in [0.05, 0.1) is 18.4 Å². The first-order valence-electron chi connectivity index (χ1n) is 6.43. The Morgan fingerprint density at radius 3 is 2.59 bits per heavy atom. The maximum Gasteiger partial charge on any atom is 0.412 e. The number of rotatable bonds is 3. The molecular weight excluding hydrogens is 309 g/mol. The van der Waals surface area contributed by atoms with E-state index in [1.54, 1.807) is 5.32 Å². The maximum absolute atomic E-state index is 13.6. The summed E-state index contributed by atoms with van der Waals surface area (Å²) in [6, 6.07) is -0.214. The Labute approximate surface area is 122 Å². The van der Waals surface area contributed by atoms with Crippen LogP contribution in [-0.4, -0.2) is 18.7 Å². The molecule has 1 aromatic rings. The summed E-state index contributed by atoms with van der Waals surface area (Å²) in [5, 5.41) is 1.69. The van der Waals surface area contributed by atoms with Crippen molar-refractivity contribution in [1.82, 2.24) is 5.32 Å². The normalized spacial score (nSPS) is 16.5. The maximum atomic E-state index is 13.6. The number of carbonyl (C=O) groups excluding carboxylic acids is 1. The van der Waals surface area contributed by atoms with Crippen LogP contribution in [0.5, 0.6) is 0 Å². The van der Waals surface area contributed by atoms with Crippen molar-refractivity contribution in [3.05, 3.63) is 47.2 Å². The van der Waals surface area contributed by atoms with Crippen molar-refractivity contribution >= 4 is 5.91 Å². The van der Waals surface area contributed by atoms with Gasteiger partial charge in [0.25, 0.3) is 5.91 Å². The zero-order chi connectivity index (χ0) is 16.3. The molecule has 120 valence electrons. The third-order valence-corrected chi connectivity index (χ3v) is 3.12. The largest absolute Gasteiger partial charge is 0.501 e. The molecule has 1 aliphatic heterocycles. The number of hydrogen-bond donors (Lipinski definition) is 1. The third kappa shape index (κ3) is 3.55. The van der Waals surface area contributed by atoms with Crippen molar-refractivity contribution in [2.75, 3.05) is 6.61 Å². The zero-order valence-electron chi connectivity index (χ0n) is 11.2. The lowest BCUT2D eigenvalue weighted by atomic mass is 10.0. The van der Waals surface area contributed by atoms with Gasteiger partial charge in [-0.05, 0) is 18.9 Å². The summed E-state index contributed by atoms with van der Waals surface area (Å²) in [7, 11) is 0. The molecule has 3 nitrogen and oxygen atoms in total. The molecule has 0 fully saturated rings. The second kappa shape index (κ2) is 6.33. The fourth-order valence-corrected chi connectivity index (χ4v) is 2.03. The van der Waals surface area contributed by atoms with E-state index in [1.165, 1.54) is 0 Å². The number of halogens is 5. The summed E-state index contributed by atoms with van der Waals surface area (Å²) >= 11 is 0. The minimum atomic E-state index is -4.97. The van der Waals surface area contributed by atoms with Gasteiger partial charge in [0.2, 0.25) is 0 Å². The SMILES string of the molecule is O=C(NC(c1cccc(F)c1F)C(F)(F)F)C1=COCCC1. The Bertz CT molecular complexity index is 597. The predicted molar refractivity (Wildman–Crippen MR) is 66.6 cm³/mol. The van der Waals surface area contributed by atoms with Crippen LogP contribution in [0.4, 0.5) is 22.0 Å². The molecule has 8 heteroatoms. The number of amides is 1. The molecule has 1 atom stereocenters. The van der Waals surface area contributed by atoms with Gasteiger partial charge < -0.3 is 10.1 Å². The third-order valence-electron chi connectivity index (χ3n) is 3.12. The van der Waals surface area contributed by atoms with Crippen LogP contribution in [0.15, 0.2) is 30.0 Å². The van der Waals surface area contributed by atoms with Crippen molar-refractivity contribution in [2.45, 2.75) is 25.1 Å². The second-order valence-corrected chi connectivity index (χ2v) is 4.71. The minimum absolute atomic E-state index is 0.0253. The summed E-state index contributed by atoms with van der Waals surface area (Å²) in [5.74, 6) is -4.08. The van der Waals surface area contributed by atoms with Gasteiger partial charge >= 0.3 is 6.18 Å². The lowest BCUT2D eigenvalue weighted by Crippen LogP contribution is -2.39. The summed E-state index contributed by atoms with van der Waals surface area (Å²) < 4.78 is 70.9. The molecule has 0 spiro atoms. The molecular formula is C14H12F5NO2. The molecule has 1 unspecified atom stereocenters. The standard InChI is InChI=1S/C14H12F5NO2/c15-10-5-1-4-9(11(10)16)12(14(17,18)19)20-13(21)8-3-2-6-22-7-8/h1,4-5,7,12H,2-3,6H2,(H,20,21). The topological polar surface area (TPSA) is 38.3 Å². The summed E-state index contributed by atoms with van der Waals surface area (Å²) in [6.07, 6.45) is -3.15. The van der Waals surface area contributed by atoms with E-state index in [1.807, 2.05) is 0 Å². The molecule has 0 radical (unpaired) electrons. The average molecular weight is 321 g/mol. The first kappa shape index (κ1) is 16.3. The highest BCUT2D eigenvalue weighted by molar-refractivity contribution is 5.93. The number of ether oxygens (including phenoxy) is 1. The van der Waals surface area contributed by atoms with E-state index >= 15 is 0 Å². The van der Waals surface area contributed by atoms with Crippen molar-refractivity contribution in [3.63, 3.8) is 0 Å². The number of nitrogens with one attached hydrogen (secondary N) is 1. The Morgan fingerprint density at radius 1 is 1.27 bits per heavy atom. The Morgan fingerprint density at radius 2 is 2.00 bits per heavy atom. The molecule has 0 saturated heterocycles. The highest BCUT2D eigenvalue weighted by Gasteiger charge is 2.44. The number of hydrogen-bond acceptors (Lipinski definition) is 2. The highest BCUT2D eigenvalue weighted by atomic mass is 19.4. The van der Waals surface area contributed by atoms with Crippen LogP contribution in [0.2, 0.25) is 0 Å². The number of alkyl halides is 3. The van der Waals surface area contributed by atoms with E-state index in [0.717, 1.165) is 18.4 Å². The molecule has 22 heavy (non-hydrogen) atoms. The number of carbonyl (C=O) groups is 1. The van der Waals surface area contributed by atoms with Crippen molar-refractivity contribution in [3.8, 4) is 0 Å². The Balaban J connectivity index is 2.29. The van der Waals surface area contributed by atoms with Gasteiger partial charge in [0.15, 0.2) is 17.7 Å². The average Bonchev–Trinajstić information content (AvgIpc) is 2.47. The smallest absolute Gasteiger partial charge is 0.412 e. The van der Waals surface area contributed by atoms with E-state index < -0.39 is 35.3 Å². The van der Waals surface area contributed by atoms with E-state index in [4.69, 9.17) is 4.74 Å². The molecule has 1 aliphatic rings. The van der Waals surface area contributed by atoms with Crippen LogP contribution in [0.25, 0.3) is 0 Å². The summed E-state index contributed by atoms with van der Waals surface area (Å²) in [5.41, 5.74) is -0.949. The molecule has 2 rings (SSSR count). The van der Waals surface area contributed by atoms with Crippen LogP contribution in [0.3, 0.4) is 0 Å². The van der Waals surface area contributed by atoms with Crippen molar-refractivity contribution in [1.29, 1.82) is 0 Å². The fraction of sp³-hybridized carbons (Fsp3) is 0.357. The van der Waals surface area contributed by atoms with Crippen LogP contribution in [0.1, 0.15) is 24.4 Å². The van der Waals surface area contributed by atoms with Crippen molar-refractivity contribution < 1.29 is 31.5 Å². The monoisotopic (exact) mass is 321 g/mol. The molecule has 0 aromatic heterocycles. The van der Waals surface area contributed by atoms with E-state index in [-0.39, 0.29) is 12.0 Å². The Hall–Kier alpha value is -2.12. The van der Waals surface area contributed by atoms with Crippen LogP contribution >= 0.6 is 0 Å². The number of benzene rings is 1. The van der Waals surface area contributed by atoms with Gasteiger partial charge in [-0.3, -0.25) is 4.79 Å². The highest BCUT2D eigenvalue weighted by Crippen LogP contribution is 2.35. The van der Waals surface area contributed by atoms with E-state index in [9.17, 15) is 26.7 Å². The van der Waals surface area contributed by atoms with Crippen molar-refractivity contribution in [2.24, 2.45) is 0 Å². The summed E-state index contributed by atoms with van der Waals surface area (Å²) in [4.78, 5) is 11.8. The molecule has 1 heterocycles. The van der Waals surface area contributed by atoms with Gasteiger partial charge in [-0.15, -0.1) is 0 Å². The molecule has 0 saturated carbocycles. The van der Waals surface area contributed by atoms with Gasteiger partial charge in [-0.1, -0.05) is 12.1 Å². The fourth-order valence-electron chi connectivity index (χ4n) is 2.03. The lowest BCUT2D eigenvalue weighted by Gasteiger charge is -2.24. The second-order valence-electron chi connectivity index (χ2n) is 4.71. The van der Waals surface area contributed by atoms with Gasteiger partial charge in [0, 0.05) is 5.56 Å². The minimum Gasteiger partial charge on any atom is -0.501 e. The lowest BCUT2D eigenvalue weighted by molar-refractivity contribution is -0.163. The van der Waals surface area contributed by atoms with Crippen LogP contribution in [0, 0.1) is 11.6 Å². The van der Waals surface area contributed by atoms with Gasteiger partial charge in [-0.25, -0.2) is 8.78 Å². The van der Waals surface area contributed by atoms with Crippen LogP contribution in [-0.2, 0) is 9.53 Å². The van der Waals surface area contributed by atoms with Gasteiger partial charge in [0.1, 0.15) is 0 Å². The first-order valence-corrected chi connectivity index (χ1v) is 6.43. The van der Waals surface area contributed by atoms with Crippen LogP contribution < -0.4 is 5.32 Å². The predicted octanol–water partition coefficient (Wildman–Crippen LogP) is 3.38. The molecule has 1 N–H and O–H groups in total. The molecule has 1 amide bonds. The van der Waals surface area contributed by atoms with E-state index in [0.29, 0.717) is 19.1 Å². The molecule has 1 aromatic carbocycles.